The molecule has 1 aliphatic heterocycles. The van der Waals surface area contributed by atoms with Crippen molar-refractivity contribution in [3.8, 4) is 0 Å². The molecule has 0 bridgehead atoms. The summed E-state index contributed by atoms with van der Waals surface area (Å²) in [6.07, 6.45) is 8.08. The number of carbonyl (C=O) groups is 2. The van der Waals surface area contributed by atoms with Crippen molar-refractivity contribution in [1.82, 2.24) is 20.4 Å². The Kier molecular flexibility index (Phi) is 4.72. The van der Waals surface area contributed by atoms with Crippen molar-refractivity contribution in [2.24, 2.45) is 5.92 Å². The molecule has 2 aliphatic rings. The number of carbonyl (C=O) groups excluding carboxylic acids is 2. The second-order valence-electron chi connectivity index (χ2n) is 6.21. The predicted octanol–water partition coefficient (Wildman–Crippen LogP) is 0.490. The molecule has 2 amide bonds. The molecule has 1 aromatic rings. The lowest BCUT2D eigenvalue weighted by atomic mass is 9.94. The summed E-state index contributed by atoms with van der Waals surface area (Å²) in [5.41, 5.74) is 0.651. The zero-order chi connectivity index (χ0) is 15.4. The molecule has 2 fully saturated rings. The van der Waals surface area contributed by atoms with Crippen LogP contribution in [-0.4, -0.2) is 40.7 Å². The Morgan fingerprint density at radius 3 is 2.73 bits per heavy atom. The highest BCUT2D eigenvalue weighted by atomic mass is 16.2. The van der Waals surface area contributed by atoms with Crippen LogP contribution >= 0.6 is 0 Å². The minimum Gasteiger partial charge on any atom is -0.352 e. The predicted molar refractivity (Wildman–Crippen MR) is 82.2 cm³/mol. The Morgan fingerprint density at radius 1 is 1.23 bits per heavy atom. The maximum absolute atomic E-state index is 12.0. The van der Waals surface area contributed by atoms with Gasteiger partial charge in [-0.1, -0.05) is 0 Å². The number of amides is 2. The SMILES string of the molecule is O=C(CC1CCNCC1)Nc1cnn(CC(=O)NC2CC2)c1. The lowest BCUT2D eigenvalue weighted by molar-refractivity contribution is -0.122. The van der Waals surface area contributed by atoms with Gasteiger partial charge in [0.2, 0.25) is 11.8 Å². The smallest absolute Gasteiger partial charge is 0.241 e. The Morgan fingerprint density at radius 2 is 2.00 bits per heavy atom. The summed E-state index contributed by atoms with van der Waals surface area (Å²) in [7, 11) is 0. The Bertz CT molecular complexity index is 532. The van der Waals surface area contributed by atoms with Gasteiger partial charge in [0.05, 0.1) is 11.9 Å². The first-order valence-corrected chi connectivity index (χ1v) is 8.01. The van der Waals surface area contributed by atoms with E-state index in [1.807, 2.05) is 0 Å². The molecule has 1 saturated heterocycles. The van der Waals surface area contributed by atoms with E-state index in [1.165, 1.54) is 0 Å². The molecule has 1 aliphatic carbocycles. The first-order chi connectivity index (χ1) is 10.7. The average Bonchev–Trinajstić information content (AvgIpc) is 3.19. The van der Waals surface area contributed by atoms with E-state index in [0.717, 1.165) is 38.8 Å². The van der Waals surface area contributed by atoms with Crippen LogP contribution in [0.3, 0.4) is 0 Å². The lowest BCUT2D eigenvalue weighted by Gasteiger charge is -2.21. The Balaban J connectivity index is 1.43. The summed E-state index contributed by atoms with van der Waals surface area (Å²) in [4.78, 5) is 23.7. The molecular weight excluding hydrogens is 282 g/mol. The summed E-state index contributed by atoms with van der Waals surface area (Å²) in [5, 5.41) is 13.2. The number of nitrogens with zero attached hydrogens (tertiary/aromatic N) is 2. The molecule has 2 heterocycles. The molecule has 7 heteroatoms. The van der Waals surface area contributed by atoms with Crippen molar-refractivity contribution >= 4 is 17.5 Å². The molecule has 7 nitrogen and oxygen atoms in total. The van der Waals surface area contributed by atoms with Crippen LogP contribution in [0, 0.1) is 5.92 Å². The van der Waals surface area contributed by atoms with Crippen LogP contribution in [0.4, 0.5) is 5.69 Å². The second-order valence-corrected chi connectivity index (χ2v) is 6.21. The number of piperidine rings is 1. The topological polar surface area (TPSA) is 88.1 Å². The number of anilines is 1. The third-order valence-corrected chi connectivity index (χ3v) is 4.10. The van der Waals surface area contributed by atoms with E-state index in [4.69, 9.17) is 0 Å². The molecular formula is C15H23N5O2. The quantitative estimate of drug-likeness (QED) is 0.714. The van der Waals surface area contributed by atoms with E-state index in [2.05, 4.69) is 21.0 Å². The van der Waals surface area contributed by atoms with Crippen molar-refractivity contribution in [2.45, 2.75) is 44.7 Å². The summed E-state index contributed by atoms with van der Waals surface area (Å²) >= 11 is 0. The molecule has 120 valence electrons. The third kappa shape index (κ3) is 4.56. The van der Waals surface area contributed by atoms with Gasteiger partial charge in [-0.15, -0.1) is 0 Å². The van der Waals surface area contributed by atoms with Crippen LogP contribution in [0.5, 0.6) is 0 Å². The van der Waals surface area contributed by atoms with E-state index in [-0.39, 0.29) is 18.4 Å². The maximum Gasteiger partial charge on any atom is 0.241 e. The van der Waals surface area contributed by atoms with Crippen molar-refractivity contribution in [1.29, 1.82) is 0 Å². The van der Waals surface area contributed by atoms with Gasteiger partial charge in [0.25, 0.3) is 0 Å². The van der Waals surface area contributed by atoms with Gasteiger partial charge >= 0.3 is 0 Å². The molecule has 1 aromatic heterocycles. The number of hydrogen-bond acceptors (Lipinski definition) is 4. The lowest BCUT2D eigenvalue weighted by Crippen LogP contribution is -2.30. The van der Waals surface area contributed by atoms with Crippen LogP contribution in [0.15, 0.2) is 12.4 Å². The normalized spacial score (nSPS) is 18.9. The first-order valence-electron chi connectivity index (χ1n) is 8.01. The highest BCUT2D eigenvalue weighted by Crippen LogP contribution is 2.19. The molecule has 1 saturated carbocycles. The minimum absolute atomic E-state index is 0.0221. The van der Waals surface area contributed by atoms with Crippen LogP contribution in [-0.2, 0) is 16.1 Å². The maximum atomic E-state index is 12.0. The number of rotatable bonds is 6. The van der Waals surface area contributed by atoms with Gasteiger partial charge in [-0.25, -0.2) is 0 Å². The van der Waals surface area contributed by atoms with Crippen LogP contribution in [0.25, 0.3) is 0 Å². The van der Waals surface area contributed by atoms with Crippen LogP contribution in [0.2, 0.25) is 0 Å². The number of aromatic nitrogens is 2. The zero-order valence-electron chi connectivity index (χ0n) is 12.7. The molecule has 0 unspecified atom stereocenters. The van der Waals surface area contributed by atoms with Crippen molar-refractivity contribution in [2.75, 3.05) is 18.4 Å². The summed E-state index contributed by atoms with van der Waals surface area (Å²) < 4.78 is 1.55. The van der Waals surface area contributed by atoms with Gasteiger partial charge in [-0.2, -0.15) is 5.10 Å². The van der Waals surface area contributed by atoms with E-state index >= 15 is 0 Å². The fraction of sp³-hybridized carbons (Fsp3) is 0.667. The molecule has 22 heavy (non-hydrogen) atoms. The molecule has 3 N–H and O–H groups in total. The van der Waals surface area contributed by atoms with E-state index in [1.54, 1.807) is 17.1 Å². The van der Waals surface area contributed by atoms with Crippen molar-refractivity contribution in [3.63, 3.8) is 0 Å². The highest BCUT2D eigenvalue weighted by Gasteiger charge is 2.23. The number of nitrogens with one attached hydrogen (secondary N) is 3. The van der Waals surface area contributed by atoms with Gasteiger partial charge < -0.3 is 16.0 Å². The summed E-state index contributed by atoms with van der Waals surface area (Å²) in [6.45, 7) is 2.18. The summed E-state index contributed by atoms with van der Waals surface area (Å²) in [5.74, 6) is 0.452. The second kappa shape index (κ2) is 6.91. The van der Waals surface area contributed by atoms with Gasteiger partial charge in [0.15, 0.2) is 0 Å². The standard InChI is InChI=1S/C15H23N5O2/c21-14(7-11-3-5-16-6-4-11)19-13-8-17-20(9-13)10-15(22)18-12-1-2-12/h8-9,11-12,16H,1-7,10H2,(H,18,22)(H,19,21). The van der Waals surface area contributed by atoms with Crippen LogP contribution < -0.4 is 16.0 Å². The van der Waals surface area contributed by atoms with Crippen molar-refractivity contribution in [3.05, 3.63) is 12.4 Å². The van der Waals surface area contributed by atoms with Crippen molar-refractivity contribution < 1.29 is 9.59 Å². The fourth-order valence-corrected chi connectivity index (χ4v) is 2.72. The monoisotopic (exact) mass is 305 g/mol. The Hall–Kier alpha value is -1.89. The van der Waals surface area contributed by atoms with Crippen LogP contribution in [0.1, 0.15) is 32.1 Å². The van der Waals surface area contributed by atoms with Gasteiger partial charge in [0, 0.05) is 18.7 Å². The molecule has 0 radical (unpaired) electrons. The van der Waals surface area contributed by atoms with Gasteiger partial charge in [-0.05, 0) is 44.7 Å². The molecule has 3 rings (SSSR count). The summed E-state index contributed by atoms with van der Waals surface area (Å²) in [6, 6.07) is 0.354. The molecule has 0 spiro atoms. The first kappa shape index (κ1) is 15.0. The highest BCUT2D eigenvalue weighted by molar-refractivity contribution is 5.90. The van der Waals surface area contributed by atoms with E-state index in [0.29, 0.717) is 24.1 Å². The van der Waals surface area contributed by atoms with Gasteiger partial charge in [-0.3, -0.25) is 14.3 Å². The Labute approximate surface area is 129 Å². The number of hydrogen-bond donors (Lipinski definition) is 3. The largest absolute Gasteiger partial charge is 0.352 e. The minimum atomic E-state index is -0.0295. The van der Waals surface area contributed by atoms with E-state index in [9.17, 15) is 9.59 Å². The molecule has 0 aromatic carbocycles. The van der Waals surface area contributed by atoms with Gasteiger partial charge in [0.1, 0.15) is 6.54 Å². The fourth-order valence-electron chi connectivity index (χ4n) is 2.72. The third-order valence-electron chi connectivity index (χ3n) is 4.10. The zero-order valence-corrected chi connectivity index (χ0v) is 12.7. The molecule has 0 atom stereocenters. The average molecular weight is 305 g/mol. The van der Waals surface area contributed by atoms with E-state index < -0.39 is 0 Å².